The van der Waals surface area contributed by atoms with Crippen LogP contribution in [-0.4, -0.2) is 71.2 Å². The van der Waals surface area contributed by atoms with Crippen molar-refractivity contribution >= 4 is 34.7 Å². The number of aryl methyl sites for hydroxylation is 2. The number of nitrogens with zero attached hydrogens (tertiary/aromatic N) is 4. The zero-order valence-corrected chi connectivity index (χ0v) is 23.6. The molecule has 6 rings (SSSR count). The molecule has 216 valence electrons. The highest BCUT2D eigenvalue weighted by Gasteiger charge is 2.22. The number of pyridine rings is 1. The van der Waals surface area contributed by atoms with Crippen molar-refractivity contribution in [1.82, 2.24) is 19.4 Å². The van der Waals surface area contributed by atoms with Crippen LogP contribution in [0.1, 0.15) is 33.5 Å². The van der Waals surface area contributed by atoms with Gasteiger partial charge in [-0.05, 0) is 66.6 Å². The van der Waals surface area contributed by atoms with Crippen LogP contribution in [0.4, 0.5) is 16.4 Å². The largest absolute Gasteiger partial charge is 0.453 e. The minimum atomic E-state index is -0.775. The number of methoxy groups -OCH3 is 1. The molecule has 2 aromatic heterocycles. The molecule has 1 aliphatic heterocycles. The Morgan fingerprint density at radius 1 is 1.05 bits per heavy atom. The van der Waals surface area contributed by atoms with Crippen LogP contribution < -0.4 is 21.5 Å². The van der Waals surface area contributed by atoms with Crippen molar-refractivity contribution in [2.24, 2.45) is 5.73 Å². The minimum Gasteiger partial charge on any atom is -0.453 e. The molecule has 2 aliphatic rings. The maximum absolute atomic E-state index is 13.1. The molecule has 2 aromatic carbocycles. The topological polar surface area (TPSA) is 137 Å². The van der Waals surface area contributed by atoms with Crippen LogP contribution in [0.3, 0.4) is 0 Å². The van der Waals surface area contributed by atoms with E-state index in [1.54, 1.807) is 15.7 Å². The standard InChI is InChI=1S/C31H33N7O4/c1-42-31(41)37-15-13-36(14-16-37)12-11-20-5-8-23(9-6-20)34-30-33-18-25-27(39)26(28(32)40)19-38(29(25)35-30)24-10-7-21-3-2-4-22(21)17-24/h5-10,17-19H,2-4,11-16H2,1H3,(H2,32,40)(H,33,34,35)/p+1. The Bertz CT molecular complexity index is 1710. The lowest BCUT2D eigenvalue weighted by atomic mass is 10.1. The van der Waals surface area contributed by atoms with E-state index in [1.165, 1.54) is 30.0 Å². The van der Waals surface area contributed by atoms with Crippen LogP contribution in [0, 0.1) is 0 Å². The zero-order chi connectivity index (χ0) is 29.2. The van der Waals surface area contributed by atoms with Crippen molar-refractivity contribution in [2.75, 3.05) is 45.2 Å². The van der Waals surface area contributed by atoms with Crippen molar-refractivity contribution in [3.63, 3.8) is 0 Å². The predicted octanol–water partition coefficient (Wildman–Crippen LogP) is 2.46. The molecule has 2 amide bonds. The summed E-state index contributed by atoms with van der Waals surface area (Å²) in [6, 6.07) is 14.3. The number of amides is 2. The molecule has 1 saturated heterocycles. The van der Waals surface area contributed by atoms with Crippen molar-refractivity contribution in [1.29, 1.82) is 0 Å². The normalized spacial score (nSPS) is 15.0. The van der Waals surface area contributed by atoms with Gasteiger partial charge in [-0.3, -0.25) is 19.1 Å². The third-order valence-electron chi connectivity index (χ3n) is 8.15. The van der Waals surface area contributed by atoms with E-state index >= 15 is 0 Å². The zero-order valence-electron chi connectivity index (χ0n) is 23.6. The van der Waals surface area contributed by atoms with Crippen LogP contribution in [0.25, 0.3) is 16.7 Å². The molecule has 11 heteroatoms. The molecule has 4 aromatic rings. The number of nitrogens with two attached hydrogens (primary N) is 1. The first kappa shape index (κ1) is 27.4. The molecular formula is C31H34N7O4+. The molecule has 0 bridgehead atoms. The molecule has 1 fully saturated rings. The summed E-state index contributed by atoms with van der Waals surface area (Å²) >= 11 is 0. The molecule has 0 saturated carbocycles. The first-order chi connectivity index (χ1) is 20.4. The molecule has 42 heavy (non-hydrogen) atoms. The van der Waals surface area contributed by atoms with E-state index in [-0.39, 0.29) is 17.0 Å². The Kier molecular flexibility index (Phi) is 7.58. The smallest absolute Gasteiger partial charge is 0.409 e. The molecule has 0 unspecified atom stereocenters. The van der Waals surface area contributed by atoms with Gasteiger partial charge in [0.2, 0.25) is 11.1 Å². The second-order valence-electron chi connectivity index (χ2n) is 10.8. The second-order valence-corrected chi connectivity index (χ2v) is 10.8. The number of fused-ring (bicyclic) bond motifs is 2. The quantitative estimate of drug-likeness (QED) is 0.349. The Labute approximate surface area is 242 Å². The molecule has 3 heterocycles. The van der Waals surface area contributed by atoms with Gasteiger partial charge in [0.15, 0.2) is 0 Å². The van der Waals surface area contributed by atoms with Gasteiger partial charge in [-0.2, -0.15) is 0 Å². The van der Waals surface area contributed by atoms with Gasteiger partial charge in [-0.15, -0.1) is 0 Å². The second kappa shape index (κ2) is 11.6. The number of ether oxygens (including phenoxy) is 1. The number of H-pyrrole nitrogens is 1. The summed E-state index contributed by atoms with van der Waals surface area (Å²) in [6.45, 7) is 3.92. The Hall–Kier alpha value is -4.77. The van der Waals surface area contributed by atoms with Crippen LogP contribution >= 0.6 is 0 Å². The van der Waals surface area contributed by atoms with Gasteiger partial charge in [0.25, 0.3) is 5.91 Å². The number of carbonyl (C=O) groups excluding carboxylic acids is 2. The Balaban J connectivity index is 1.19. The number of piperazine rings is 1. The van der Waals surface area contributed by atoms with E-state index in [9.17, 15) is 14.4 Å². The van der Waals surface area contributed by atoms with Crippen LogP contribution in [0.2, 0.25) is 0 Å². The molecule has 11 nitrogen and oxygen atoms in total. The van der Waals surface area contributed by atoms with Gasteiger partial charge in [0.05, 0.1) is 19.0 Å². The monoisotopic (exact) mass is 568 g/mol. The van der Waals surface area contributed by atoms with Gasteiger partial charge in [-0.1, -0.05) is 23.2 Å². The number of hydrogen-bond donors (Lipinski definition) is 2. The van der Waals surface area contributed by atoms with Gasteiger partial charge >= 0.3 is 12.0 Å². The highest BCUT2D eigenvalue weighted by molar-refractivity contribution is 5.96. The number of benzene rings is 2. The number of primary amides is 1. The summed E-state index contributed by atoms with van der Waals surface area (Å²) < 4.78 is 6.58. The first-order valence-corrected chi connectivity index (χ1v) is 14.2. The van der Waals surface area contributed by atoms with Crippen molar-refractivity contribution < 1.29 is 19.3 Å². The fourth-order valence-corrected chi connectivity index (χ4v) is 5.75. The van der Waals surface area contributed by atoms with Crippen molar-refractivity contribution in [3.8, 4) is 5.69 Å². The fourth-order valence-electron chi connectivity index (χ4n) is 5.75. The van der Waals surface area contributed by atoms with E-state index in [4.69, 9.17) is 15.5 Å². The van der Waals surface area contributed by atoms with E-state index in [0.29, 0.717) is 24.7 Å². The Morgan fingerprint density at radius 2 is 1.81 bits per heavy atom. The molecule has 1 aliphatic carbocycles. The number of hydrogen-bond acceptors (Lipinski definition) is 7. The number of aromatic nitrogens is 3. The summed E-state index contributed by atoms with van der Waals surface area (Å²) in [6.07, 6.45) is 6.86. The van der Waals surface area contributed by atoms with Crippen LogP contribution in [0.5, 0.6) is 0 Å². The fraction of sp³-hybridized carbons (Fsp3) is 0.323. The van der Waals surface area contributed by atoms with Crippen molar-refractivity contribution in [2.45, 2.75) is 25.7 Å². The number of carbonyl (C=O) groups is 2. The van der Waals surface area contributed by atoms with E-state index < -0.39 is 11.3 Å². The summed E-state index contributed by atoms with van der Waals surface area (Å²) in [5, 5.41) is 3.57. The molecule has 0 atom stereocenters. The average molecular weight is 569 g/mol. The summed E-state index contributed by atoms with van der Waals surface area (Å²) in [5.74, 6) is -0.317. The van der Waals surface area contributed by atoms with E-state index in [0.717, 1.165) is 56.7 Å². The highest BCUT2D eigenvalue weighted by atomic mass is 16.5. The average Bonchev–Trinajstić information content (AvgIpc) is 3.49. The van der Waals surface area contributed by atoms with E-state index in [2.05, 4.69) is 39.5 Å². The third kappa shape index (κ3) is 5.55. The predicted molar refractivity (Wildman–Crippen MR) is 158 cm³/mol. The summed E-state index contributed by atoms with van der Waals surface area (Å²) in [4.78, 5) is 48.7. The maximum atomic E-state index is 13.1. The maximum Gasteiger partial charge on any atom is 0.409 e. The number of nitrogens with one attached hydrogen (secondary N) is 2. The van der Waals surface area contributed by atoms with Gasteiger partial charge < -0.3 is 15.4 Å². The Morgan fingerprint density at radius 3 is 2.55 bits per heavy atom. The lowest BCUT2D eigenvalue weighted by Crippen LogP contribution is -2.49. The SMILES string of the molecule is COC(=O)N1CCN(CCc2ccc(Nc3nc4c(c[nH+]3)c(=O)c(C(N)=O)cn4-c3ccc4c(c3)CCC4)cc2)CC1. The first-order valence-electron chi connectivity index (χ1n) is 14.2. The molecule has 0 spiro atoms. The van der Waals surface area contributed by atoms with Gasteiger partial charge in [0, 0.05) is 44.6 Å². The molecule has 4 N–H and O–H groups in total. The van der Waals surface area contributed by atoms with Crippen LogP contribution in [-0.2, 0) is 24.0 Å². The molecular weight excluding hydrogens is 534 g/mol. The van der Waals surface area contributed by atoms with Crippen LogP contribution in [0.15, 0.2) is 59.7 Å². The summed E-state index contributed by atoms with van der Waals surface area (Å²) in [5.41, 5.74) is 10.9. The highest BCUT2D eigenvalue weighted by Crippen LogP contribution is 2.26. The van der Waals surface area contributed by atoms with Gasteiger partial charge in [-0.25, -0.2) is 15.1 Å². The number of anilines is 2. The van der Waals surface area contributed by atoms with Crippen molar-refractivity contribution in [3.05, 3.63) is 87.3 Å². The third-order valence-corrected chi connectivity index (χ3v) is 8.15. The minimum absolute atomic E-state index is 0.0835. The lowest BCUT2D eigenvalue weighted by Gasteiger charge is -2.33. The lowest BCUT2D eigenvalue weighted by molar-refractivity contribution is -0.362. The summed E-state index contributed by atoms with van der Waals surface area (Å²) in [7, 11) is 1.41. The number of rotatable bonds is 7. The van der Waals surface area contributed by atoms with E-state index in [1.807, 2.05) is 18.2 Å². The number of aromatic amines is 1. The molecule has 0 radical (unpaired) electrons. The van der Waals surface area contributed by atoms with Gasteiger partial charge in [0.1, 0.15) is 10.9 Å².